The van der Waals surface area contributed by atoms with Crippen LogP contribution in [0.25, 0.3) is 22.8 Å². The summed E-state index contributed by atoms with van der Waals surface area (Å²) >= 11 is 0. The van der Waals surface area contributed by atoms with E-state index < -0.39 is 17.3 Å². The molecule has 2 aromatic heterocycles. The van der Waals surface area contributed by atoms with Crippen molar-refractivity contribution < 1.29 is 19.1 Å². The second-order valence-electron chi connectivity index (χ2n) is 5.85. The molecule has 0 aliphatic carbocycles. The van der Waals surface area contributed by atoms with Crippen LogP contribution in [0.3, 0.4) is 0 Å². The second kappa shape index (κ2) is 6.07. The number of hydrogen-bond donors (Lipinski definition) is 3. The third-order valence-electron chi connectivity index (χ3n) is 4.19. The molecule has 0 atom stereocenters. The van der Waals surface area contributed by atoms with Gasteiger partial charge in [-0.1, -0.05) is 0 Å². The molecule has 0 saturated carbocycles. The fourth-order valence-corrected chi connectivity index (χ4v) is 2.91. The van der Waals surface area contributed by atoms with Gasteiger partial charge in [0.2, 0.25) is 0 Å². The lowest BCUT2D eigenvalue weighted by Gasteiger charge is -2.10. The van der Waals surface area contributed by atoms with E-state index in [2.05, 4.69) is 20.3 Å². The quantitative estimate of drug-likeness (QED) is 0.670. The summed E-state index contributed by atoms with van der Waals surface area (Å²) in [6.07, 6.45) is 2.24. The van der Waals surface area contributed by atoms with Crippen molar-refractivity contribution in [1.29, 1.82) is 0 Å². The van der Waals surface area contributed by atoms with Crippen molar-refractivity contribution in [3.8, 4) is 22.8 Å². The molecule has 0 saturated heterocycles. The summed E-state index contributed by atoms with van der Waals surface area (Å²) in [7, 11) is 0. The zero-order valence-electron chi connectivity index (χ0n) is 13.4. The van der Waals surface area contributed by atoms with E-state index >= 15 is 0 Å². The summed E-state index contributed by atoms with van der Waals surface area (Å²) in [6.45, 7) is 0.578. The minimum absolute atomic E-state index is 0.132. The predicted molar refractivity (Wildman–Crippen MR) is 90.2 cm³/mol. The van der Waals surface area contributed by atoms with Gasteiger partial charge in [-0.25, -0.2) is 19.2 Å². The summed E-state index contributed by atoms with van der Waals surface area (Å²) in [5, 5.41) is 11.8. The van der Waals surface area contributed by atoms with Crippen LogP contribution in [0.4, 0.5) is 4.39 Å². The minimum atomic E-state index is -1.36. The lowest BCUT2D eigenvalue weighted by molar-refractivity contribution is 0.0691. The Balaban J connectivity index is 1.75. The van der Waals surface area contributed by atoms with Gasteiger partial charge in [0.25, 0.3) is 5.91 Å². The number of nitrogens with zero attached hydrogens (tertiary/aromatic N) is 2. The molecule has 0 radical (unpaired) electrons. The smallest absolute Gasteiger partial charge is 0.338 e. The highest BCUT2D eigenvalue weighted by Gasteiger charge is 2.20. The Morgan fingerprint density at radius 1 is 1.23 bits per heavy atom. The van der Waals surface area contributed by atoms with Crippen LogP contribution in [0.5, 0.6) is 0 Å². The van der Waals surface area contributed by atoms with E-state index in [1.807, 2.05) is 0 Å². The molecular formula is C18H13FN4O3. The highest BCUT2D eigenvalue weighted by molar-refractivity contribution is 5.97. The van der Waals surface area contributed by atoms with Crippen LogP contribution in [0.1, 0.15) is 26.4 Å². The normalized spacial score (nSPS) is 13.2. The number of amides is 1. The molecule has 7 nitrogen and oxygen atoms in total. The number of H-pyrrole nitrogens is 1. The molecule has 0 unspecified atom stereocenters. The summed E-state index contributed by atoms with van der Waals surface area (Å²) < 4.78 is 13.6. The molecule has 3 aromatic rings. The summed E-state index contributed by atoms with van der Waals surface area (Å²) in [4.78, 5) is 34.8. The van der Waals surface area contributed by atoms with Crippen molar-refractivity contribution in [2.45, 2.75) is 6.42 Å². The number of carboxylic acids is 1. The molecule has 8 heteroatoms. The van der Waals surface area contributed by atoms with E-state index in [1.165, 1.54) is 18.3 Å². The molecular weight excluding hydrogens is 339 g/mol. The first-order valence-corrected chi connectivity index (χ1v) is 7.89. The number of halogens is 1. The number of benzene rings is 1. The first-order valence-electron chi connectivity index (χ1n) is 7.89. The standard InChI is InChI=1S/C18H13FN4O3/c19-12-2-1-9(7-10(12)18(25)26)16-20-5-4-14(23-16)15-8-11-13(22-15)3-6-21-17(11)24/h1-2,4-5,7-8,22H,3,6H2,(H,21,24)(H,25,26). The van der Waals surface area contributed by atoms with Crippen molar-refractivity contribution in [2.24, 2.45) is 0 Å². The molecule has 1 aliphatic heterocycles. The molecule has 0 bridgehead atoms. The topological polar surface area (TPSA) is 108 Å². The Bertz CT molecular complexity index is 1040. The van der Waals surface area contributed by atoms with Gasteiger partial charge < -0.3 is 15.4 Å². The van der Waals surface area contributed by atoms with Crippen molar-refractivity contribution in [1.82, 2.24) is 20.3 Å². The fraction of sp³-hybridized carbons (Fsp3) is 0.111. The predicted octanol–water partition coefficient (Wildman–Crippen LogP) is 2.26. The van der Waals surface area contributed by atoms with Crippen molar-refractivity contribution in [3.05, 3.63) is 59.2 Å². The number of rotatable bonds is 3. The largest absolute Gasteiger partial charge is 0.478 e. The summed E-state index contributed by atoms with van der Waals surface area (Å²) in [5.74, 6) is -2.04. The second-order valence-corrected chi connectivity index (χ2v) is 5.85. The van der Waals surface area contributed by atoms with E-state index in [0.717, 1.165) is 11.8 Å². The Morgan fingerprint density at radius 2 is 2.08 bits per heavy atom. The maximum absolute atomic E-state index is 13.6. The molecule has 3 heterocycles. The Hall–Kier alpha value is -3.55. The van der Waals surface area contributed by atoms with Crippen LogP contribution in [-0.2, 0) is 6.42 Å². The van der Waals surface area contributed by atoms with Gasteiger partial charge in [0.15, 0.2) is 5.82 Å². The molecule has 0 fully saturated rings. The van der Waals surface area contributed by atoms with E-state index in [4.69, 9.17) is 5.11 Å². The van der Waals surface area contributed by atoms with Gasteiger partial charge in [-0.3, -0.25) is 4.79 Å². The molecule has 1 aliphatic rings. The monoisotopic (exact) mass is 352 g/mol. The van der Waals surface area contributed by atoms with Crippen LogP contribution < -0.4 is 5.32 Å². The number of aromatic carboxylic acids is 1. The van der Waals surface area contributed by atoms with Gasteiger partial charge in [-0.05, 0) is 30.3 Å². The van der Waals surface area contributed by atoms with Gasteiger partial charge in [-0.15, -0.1) is 0 Å². The maximum Gasteiger partial charge on any atom is 0.338 e. The Labute approximate surface area is 146 Å². The first-order chi connectivity index (χ1) is 12.5. The average Bonchev–Trinajstić information content (AvgIpc) is 3.08. The lowest BCUT2D eigenvalue weighted by Crippen LogP contribution is -2.31. The van der Waals surface area contributed by atoms with Crippen molar-refractivity contribution >= 4 is 11.9 Å². The number of hydrogen-bond acceptors (Lipinski definition) is 4. The number of fused-ring (bicyclic) bond motifs is 1. The highest BCUT2D eigenvalue weighted by atomic mass is 19.1. The molecule has 4 rings (SSSR count). The maximum atomic E-state index is 13.6. The van der Waals surface area contributed by atoms with E-state index in [1.54, 1.807) is 12.1 Å². The van der Waals surface area contributed by atoms with Crippen LogP contribution in [0.15, 0.2) is 36.5 Å². The third kappa shape index (κ3) is 2.71. The zero-order valence-corrected chi connectivity index (χ0v) is 13.4. The van der Waals surface area contributed by atoms with Crippen LogP contribution in [0, 0.1) is 5.82 Å². The van der Waals surface area contributed by atoms with E-state index in [9.17, 15) is 14.0 Å². The SMILES string of the molecule is O=C(O)c1cc(-c2nccc(-c3cc4c([nH]3)CCNC4=O)n2)ccc1F. The number of aromatic amines is 1. The number of carbonyl (C=O) groups is 2. The van der Waals surface area contributed by atoms with Gasteiger partial charge >= 0.3 is 5.97 Å². The van der Waals surface area contributed by atoms with Crippen molar-refractivity contribution in [3.63, 3.8) is 0 Å². The van der Waals surface area contributed by atoms with Crippen LogP contribution >= 0.6 is 0 Å². The number of carboxylic acid groups (broad SMARTS) is 1. The molecule has 1 amide bonds. The lowest BCUT2D eigenvalue weighted by atomic mass is 10.1. The fourth-order valence-electron chi connectivity index (χ4n) is 2.91. The number of nitrogens with one attached hydrogen (secondary N) is 2. The number of aromatic nitrogens is 3. The third-order valence-corrected chi connectivity index (χ3v) is 4.19. The first kappa shape index (κ1) is 15.9. The van der Waals surface area contributed by atoms with Crippen LogP contribution in [0.2, 0.25) is 0 Å². The highest BCUT2D eigenvalue weighted by Crippen LogP contribution is 2.25. The van der Waals surface area contributed by atoms with E-state index in [-0.39, 0.29) is 11.7 Å². The molecule has 3 N–H and O–H groups in total. The van der Waals surface area contributed by atoms with E-state index in [0.29, 0.717) is 35.5 Å². The molecule has 26 heavy (non-hydrogen) atoms. The minimum Gasteiger partial charge on any atom is -0.478 e. The van der Waals surface area contributed by atoms with Gasteiger partial charge in [-0.2, -0.15) is 0 Å². The summed E-state index contributed by atoms with van der Waals surface area (Å²) in [6, 6.07) is 7.11. The van der Waals surface area contributed by atoms with Crippen molar-refractivity contribution in [2.75, 3.05) is 6.54 Å². The Kier molecular flexibility index (Phi) is 3.72. The van der Waals surface area contributed by atoms with Gasteiger partial charge in [0, 0.05) is 30.4 Å². The number of carbonyl (C=O) groups excluding carboxylic acids is 1. The molecule has 130 valence electrons. The summed E-state index contributed by atoms with van der Waals surface area (Å²) in [5.41, 5.74) is 2.60. The van der Waals surface area contributed by atoms with Crippen LogP contribution in [-0.4, -0.2) is 38.5 Å². The van der Waals surface area contributed by atoms with Gasteiger partial charge in [0.05, 0.1) is 22.5 Å². The molecule has 0 spiro atoms. The molecule has 1 aromatic carbocycles. The Morgan fingerprint density at radius 3 is 2.85 bits per heavy atom. The zero-order chi connectivity index (χ0) is 18.3. The van der Waals surface area contributed by atoms with Gasteiger partial charge in [0.1, 0.15) is 5.82 Å². The average molecular weight is 352 g/mol.